The number of hydrogen-bond donors (Lipinski definition) is 3. The highest BCUT2D eigenvalue weighted by atomic mass is 16.5. The average molecular weight is 389 g/mol. The molecule has 0 aromatic heterocycles. The quantitative estimate of drug-likeness (QED) is 0.500. The Hall–Kier alpha value is -1.17. The molecule has 5 nitrogen and oxygen atoms in total. The van der Waals surface area contributed by atoms with Crippen LogP contribution in [0.15, 0.2) is 23.3 Å². The molecule has 3 N–H and O–H groups in total. The van der Waals surface area contributed by atoms with Gasteiger partial charge in [-0.15, -0.1) is 0 Å². The number of ether oxygens (including phenoxy) is 1. The van der Waals surface area contributed by atoms with Crippen LogP contribution >= 0.6 is 0 Å². The van der Waals surface area contributed by atoms with Crippen LogP contribution in [0.5, 0.6) is 0 Å². The third-order valence-electron chi connectivity index (χ3n) is 9.41. The number of aliphatic hydroxyl groups is 3. The van der Waals surface area contributed by atoms with E-state index in [1.807, 2.05) is 6.08 Å². The van der Waals surface area contributed by atoms with Crippen LogP contribution in [0.4, 0.5) is 0 Å². The highest BCUT2D eigenvalue weighted by molar-refractivity contribution is 5.85. The number of cyclic esters (lactones) is 1. The summed E-state index contributed by atoms with van der Waals surface area (Å²) < 4.78 is 5.18. The van der Waals surface area contributed by atoms with Gasteiger partial charge in [-0.25, -0.2) is 4.79 Å². The topological polar surface area (TPSA) is 87.0 Å². The van der Waals surface area contributed by atoms with Gasteiger partial charge in [0.1, 0.15) is 6.61 Å². The van der Waals surface area contributed by atoms with E-state index in [1.165, 1.54) is 5.57 Å². The summed E-state index contributed by atoms with van der Waals surface area (Å²) in [5, 5.41) is 32.7. The molecule has 0 saturated heterocycles. The Labute approximate surface area is 166 Å². The summed E-state index contributed by atoms with van der Waals surface area (Å²) in [6.45, 7) is 2.69. The third-order valence-corrected chi connectivity index (χ3v) is 9.41. The molecule has 1 heterocycles. The van der Waals surface area contributed by atoms with E-state index in [4.69, 9.17) is 4.74 Å². The Balaban J connectivity index is 1.51. The van der Waals surface area contributed by atoms with Crippen molar-refractivity contribution < 1.29 is 24.9 Å². The molecule has 28 heavy (non-hydrogen) atoms. The van der Waals surface area contributed by atoms with Crippen molar-refractivity contribution in [1.82, 2.24) is 0 Å². The van der Waals surface area contributed by atoms with Gasteiger partial charge in [-0.05, 0) is 74.7 Å². The maximum Gasteiger partial charge on any atom is 0.331 e. The smallest absolute Gasteiger partial charge is 0.331 e. The second kappa shape index (κ2) is 6.16. The van der Waals surface area contributed by atoms with Gasteiger partial charge < -0.3 is 20.1 Å². The SMILES string of the molecule is C[C@]12CCC3C(CCC4=CC(O)CC[C@@]43CO)C1(O)CCC2C1=CC(=O)OC1. The van der Waals surface area contributed by atoms with Crippen LogP contribution in [0.3, 0.4) is 0 Å². The van der Waals surface area contributed by atoms with Gasteiger partial charge >= 0.3 is 5.97 Å². The van der Waals surface area contributed by atoms with E-state index in [2.05, 4.69) is 6.92 Å². The van der Waals surface area contributed by atoms with Crippen molar-refractivity contribution in [3.63, 3.8) is 0 Å². The Bertz CT molecular complexity index is 756. The van der Waals surface area contributed by atoms with Crippen molar-refractivity contribution in [1.29, 1.82) is 0 Å². The number of esters is 1. The van der Waals surface area contributed by atoms with E-state index in [-0.39, 0.29) is 41.2 Å². The zero-order valence-electron chi connectivity index (χ0n) is 16.7. The molecule has 3 saturated carbocycles. The molecule has 3 fully saturated rings. The van der Waals surface area contributed by atoms with Crippen LogP contribution in [0.2, 0.25) is 0 Å². The molecule has 5 rings (SSSR count). The first-order valence-corrected chi connectivity index (χ1v) is 10.9. The second-order valence-corrected chi connectivity index (χ2v) is 10.2. The van der Waals surface area contributed by atoms with Crippen LogP contribution in [-0.2, 0) is 9.53 Å². The molecular formula is C23H32O5. The first kappa shape index (κ1) is 18.8. The summed E-state index contributed by atoms with van der Waals surface area (Å²) in [4.78, 5) is 11.6. The second-order valence-electron chi connectivity index (χ2n) is 10.2. The fourth-order valence-electron chi connectivity index (χ4n) is 7.96. The van der Waals surface area contributed by atoms with Crippen molar-refractivity contribution in [2.45, 2.75) is 70.0 Å². The maximum atomic E-state index is 12.1. The Morgan fingerprint density at radius 1 is 1.14 bits per heavy atom. The minimum absolute atomic E-state index is 0.108. The highest BCUT2D eigenvalue weighted by Gasteiger charge is 2.67. The summed E-state index contributed by atoms with van der Waals surface area (Å²) in [6.07, 6.45) is 10.0. The van der Waals surface area contributed by atoms with Crippen LogP contribution in [0.25, 0.3) is 0 Å². The predicted octanol–water partition coefficient (Wildman–Crippen LogP) is 2.50. The third kappa shape index (κ3) is 2.27. The fraction of sp³-hybridized carbons (Fsp3) is 0.783. The fourth-order valence-corrected chi connectivity index (χ4v) is 7.96. The van der Waals surface area contributed by atoms with Gasteiger partial charge in [-0.1, -0.05) is 18.6 Å². The molecule has 0 amide bonds. The maximum absolute atomic E-state index is 12.1. The zero-order chi connectivity index (χ0) is 19.7. The van der Waals surface area contributed by atoms with E-state index in [0.717, 1.165) is 50.5 Å². The lowest BCUT2D eigenvalue weighted by atomic mass is 9.44. The van der Waals surface area contributed by atoms with Gasteiger partial charge in [-0.3, -0.25) is 0 Å². The molecular weight excluding hydrogens is 356 g/mol. The molecule has 4 aliphatic carbocycles. The molecule has 0 bridgehead atoms. The first-order chi connectivity index (χ1) is 13.3. The van der Waals surface area contributed by atoms with Gasteiger partial charge in [0.2, 0.25) is 0 Å². The summed E-state index contributed by atoms with van der Waals surface area (Å²) in [7, 11) is 0. The van der Waals surface area contributed by atoms with Gasteiger partial charge in [0.15, 0.2) is 0 Å². The van der Waals surface area contributed by atoms with Gasteiger partial charge in [-0.2, -0.15) is 0 Å². The molecule has 5 unspecified atom stereocenters. The molecule has 154 valence electrons. The minimum atomic E-state index is -0.767. The monoisotopic (exact) mass is 388 g/mol. The first-order valence-electron chi connectivity index (χ1n) is 10.9. The Morgan fingerprint density at radius 3 is 2.68 bits per heavy atom. The minimum Gasteiger partial charge on any atom is -0.458 e. The lowest BCUT2D eigenvalue weighted by Crippen LogP contribution is -2.62. The summed E-state index contributed by atoms with van der Waals surface area (Å²) in [6, 6.07) is 0. The van der Waals surface area contributed by atoms with Crippen LogP contribution in [0.1, 0.15) is 58.3 Å². The number of rotatable bonds is 2. The van der Waals surface area contributed by atoms with E-state index in [9.17, 15) is 20.1 Å². The van der Waals surface area contributed by atoms with E-state index in [1.54, 1.807) is 6.08 Å². The van der Waals surface area contributed by atoms with Gasteiger partial charge in [0.05, 0.1) is 18.3 Å². The van der Waals surface area contributed by atoms with Crippen molar-refractivity contribution in [3.05, 3.63) is 23.3 Å². The van der Waals surface area contributed by atoms with Crippen molar-refractivity contribution >= 4 is 5.97 Å². The summed E-state index contributed by atoms with van der Waals surface area (Å²) in [5.74, 6) is 0.363. The number of carbonyl (C=O) groups excluding carboxylic acids is 1. The van der Waals surface area contributed by atoms with E-state index >= 15 is 0 Å². The Morgan fingerprint density at radius 2 is 1.96 bits per heavy atom. The standard InChI is InChI=1S/C23H32O5/c1-21-7-5-18-19(3-2-15-11-16(25)4-8-22(15,18)13-24)23(21,27)9-6-17(21)14-10-20(26)28-12-14/h10-11,16-19,24-25,27H,2-9,12-13H2,1H3/t16?,17?,18?,19?,21-,22-,23?/m1/s1. The highest BCUT2D eigenvalue weighted by Crippen LogP contribution is 2.69. The van der Waals surface area contributed by atoms with Crippen molar-refractivity contribution in [2.24, 2.45) is 28.6 Å². The lowest BCUT2D eigenvalue weighted by Gasteiger charge is -2.62. The van der Waals surface area contributed by atoms with Gasteiger partial charge in [0.25, 0.3) is 0 Å². The van der Waals surface area contributed by atoms with E-state index < -0.39 is 11.7 Å². The van der Waals surface area contributed by atoms with Crippen LogP contribution in [0, 0.1) is 28.6 Å². The summed E-state index contributed by atoms with van der Waals surface area (Å²) >= 11 is 0. The van der Waals surface area contributed by atoms with Gasteiger partial charge in [0, 0.05) is 16.9 Å². The van der Waals surface area contributed by atoms with Crippen LogP contribution < -0.4 is 0 Å². The molecule has 0 radical (unpaired) electrons. The molecule has 1 aliphatic heterocycles. The number of fused-ring (bicyclic) bond motifs is 5. The molecule has 0 aromatic rings. The average Bonchev–Trinajstić information content (AvgIpc) is 3.22. The molecule has 0 aromatic carbocycles. The largest absolute Gasteiger partial charge is 0.458 e. The predicted molar refractivity (Wildman–Crippen MR) is 103 cm³/mol. The van der Waals surface area contributed by atoms with Crippen molar-refractivity contribution in [3.8, 4) is 0 Å². The Kier molecular flexibility index (Phi) is 4.15. The summed E-state index contributed by atoms with van der Waals surface area (Å²) in [5.41, 5.74) is 0.977. The molecule has 5 heteroatoms. The molecule has 7 atom stereocenters. The lowest BCUT2D eigenvalue weighted by molar-refractivity contribution is -0.188. The number of carbonyl (C=O) groups is 1. The number of aliphatic hydroxyl groups excluding tert-OH is 2. The number of hydrogen-bond acceptors (Lipinski definition) is 5. The van der Waals surface area contributed by atoms with E-state index in [0.29, 0.717) is 13.0 Å². The molecule has 0 spiro atoms. The van der Waals surface area contributed by atoms with Crippen LogP contribution in [-0.4, -0.2) is 46.2 Å². The van der Waals surface area contributed by atoms with Crippen molar-refractivity contribution in [2.75, 3.05) is 13.2 Å². The normalized spacial score (nSPS) is 50.2. The zero-order valence-corrected chi connectivity index (χ0v) is 16.7. The molecule has 5 aliphatic rings.